The van der Waals surface area contributed by atoms with E-state index >= 15 is 0 Å². The third kappa shape index (κ3) is 2.72. The number of piperazine rings is 1. The molecule has 3 aromatic heterocycles. The van der Waals surface area contributed by atoms with Crippen LogP contribution in [0, 0.1) is 6.92 Å². The number of fused-ring (bicyclic) bond motifs is 2. The van der Waals surface area contributed by atoms with Gasteiger partial charge in [-0.1, -0.05) is 0 Å². The minimum absolute atomic E-state index is 0.494. The molecule has 0 spiro atoms. The summed E-state index contributed by atoms with van der Waals surface area (Å²) >= 11 is 0. The molecule has 6 nitrogen and oxygen atoms in total. The summed E-state index contributed by atoms with van der Waals surface area (Å²) in [5.41, 5.74) is 5.21. The number of aromatic nitrogens is 3. The highest BCUT2D eigenvalue weighted by Gasteiger charge is 2.19. The predicted molar refractivity (Wildman–Crippen MR) is 103 cm³/mol. The molecule has 1 N–H and O–H groups in total. The molecule has 0 amide bonds. The van der Waals surface area contributed by atoms with E-state index in [1.807, 2.05) is 10.6 Å². The molecule has 5 rings (SSSR count). The van der Waals surface area contributed by atoms with E-state index in [2.05, 4.69) is 53.7 Å². The molecule has 2 aliphatic rings. The molecule has 0 aliphatic carbocycles. The number of hydrogen-bond acceptors (Lipinski definition) is 5. The van der Waals surface area contributed by atoms with Crippen molar-refractivity contribution in [3.05, 3.63) is 53.5 Å². The van der Waals surface area contributed by atoms with Crippen LogP contribution >= 0.6 is 0 Å². The summed E-state index contributed by atoms with van der Waals surface area (Å²) in [5, 5.41) is 3.37. The first-order valence-electron chi connectivity index (χ1n) is 9.02. The fourth-order valence-corrected chi connectivity index (χ4v) is 3.50. The van der Waals surface area contributed by atoms with Crippen molar-refractivity contribution >= 4 is 23.1 Å². The first-order chi connectivity index (χ1) is 12.8. The molecule has 0 bridgehead atoms. The van der Waals surface area contributed by atoms with Crippen molar-refractivity contribution in [3.63, 3.8) is 0 Å². The van der Waals surface area contributed by atoms with Crippen molar-refractivity contribution in [2.45, 2.75) is 6.92 Å². The molecule has 0 aromatic carbocycles. The van der Waals surface area contributed by atoms with E-state index in [1.54, 1.807) is 0 Å². The molecule has 3 aromatic rings. The topological polar surface area (TPSA) is 54.7 Å². The highest BCUT2D eigenvalue weighted by molar-refractivity contribution is 5.84. The van der Waals surface area contributed by atoms with Crippen molar-refractivity contribution in [2.24, 2.45) is 0 Å². The van der Waals surface area contributed by atoms with Crippen LogP contribution in [0.2, 0.25) is 0 Å². The minimum Gasteiger partial charge on any atom is -0.472 e. The number of rotatable bonds is 2. The number of nitrogens with zero attached hydrogens (tertiary/aromatic N) is 4. The van der Waals surface area contributed by atoms with Gasteiger partial charge in [0.25, 0.3) is 0 Å². The summed E-state index contributed by atoms with van der Waals surface area (Å²) < 4.78 is 8.02. The Morgan fingerprint density at radius 1 is 1.12 bits per heavy atom. The Bertz CT molecular complexity index is 1000. The number of nitrogens with one attached hydrogen (secondary N) is 1. The Balaban J connectivity index is 1.46. The lowest BCUT2D eigenvalue weighted by molar-refractivity contribution is 0.350. The zero-order valence-electron chi connectivity index (χ0n) is 14.8. The second kappa shape index (κ2) is 6.14. The van der Waals surface area contributed by atoms with Gasteiger partial charge in [0.15, 0.2) is 0 Å². The average molecular weight is 347 g/mol. The van der Waals surface area contributed by atoms with Crippen LogP contribution in [0.5, 0.6) is 5.88 Å². The molecule has 0 radical (unpaired) electrons. The largest absolute Gasteiger partial charge is 0.472 e. The highest BCUT2D eigenvalue weighted by atomic mass is 16.5. The Kier molecular flexibility index (Phi) is 3.64. The number of ether oxygens (including phenoxy) is 1. The van der Waals surface area contributed by atoms with Crippen molar-refractivity contribution in [3.8, 4) is 5.88 Å². The van der Waals surface area contributed by atoms with Crippen molar-refractivity contribution in [1.29, 1.82) is 0 Å². The fourth-order valence-electron chi connectivity index (χ4n) is 3.50. The molecule has 1 fully saturated rings. The van der Waals surface area contributed by atoms with Gasteiger partial charge in [0.05, 0.1) is 5.69 Å². The Morgan fingerprint density at radius 3 is 2.88 bits per heavy atom. The van der Waals surface area contributed by atoms with Gasteiger partial charge in [0, 0.05) is 49.7 Å². The smallest absolute Gasteiger partial charge is 0.223 e. The van der Waals surface area contributed by atoms with Gasteiger partial charge in [-0.05, 0) is 42.8 Å². The van der Waals surface area contributed by atoms with Crippen molar-refractivity contribution in [1.82, 2.24) is 19.7 Å². The molecule has 0 atom stereocenters. The van der Waals surface area contributed by atoms with Crippen LogP contribution in [-0.4, -0.2) is 47.2 Å². The third-order valence-corrected chi connectivity index (χ3v) is 4.95. The van der Waals surface area contributed by atoms with Gasteiger partial charge >= 0.3 is 0 Å². The lowest BCUT2D eigenvalue weighted by atomic mass is 10.1. The van der Waals surface area contributed by atoms with Crippen LogP contribution in [-0.2, 0) is 0 Å². The molecule has 132 valence electrons. The van der Waals surface area contributed by atoms with Crippen LogP contribution in [0.4, 0.5) is 5.82 Å². The first-order valence-corrected chi connectivity index (χ1v) is 9.02. The lowest BCUT2D eigenvalue weighted by Crippen LogP contribution is -2.43. The Hall–Kier alpha value is -2.86. The Labute approximate surface area is 152 Å². The quantitative estimate of drug-likeness (QED) is 0.771. The fraction of sp³-hybridized carbons (Fsp3) is 0.300. The predicted octanol–water partition coefficient (Wildman–Crippen LogP) is 2.38. The van der Waals surface area contributed by atoms with E-state index in [9.17, 15) is 0 Å². The van der Waals surface area contributed by atoms with Crippen molar-refractivity contribution in [2.75, 3.05) is 37.7 Å². The monoisotopic (exact) mass is 347 g/mol. The lowest BCUT2D eigenvalue weighted by Gasteiger charge is -2.29. The molecular formula is C20H21N5O. The maximum absolute atomic E-state index is 5.97. The zero-order valence-corrected chi connectivity index (χ0v) is 14.8. The van der Waals surface area contributed by atoms with E-state index in [4.69, 9.17) is 14.7 Å². The molecule has 1 saturated heterocycles. The number of hydrogen-bond donors (Lipinski definition) is 1. The van der Waals surface area contributed by atoms with Gasteiger partial charge in [-0.3, -0.25) is 0 Å². The van der Waals surface area contributed by atoms with E-state index in [0.29, 0.717) is 12.5 Å². The normalized spacial score (nSPS) is 17.0. The van der Waals surface area contributed by atoms with Gasteiger partial charge in [-0.25, -0.2) is 4.98 Å². The van der Waals surface area contributed by atoms with Crippen LogP contribution in [0.1, 0.15) is 16.8 Å². The maximum Gasteiger partial charge on any atom is 0.223 e. The van der Waals surface area contributed by atoms with Crippen molar-refractivity contribution < 1.29 is 4.74 Å². The van der Waals surface area contributed by atoms with Crippen LogP contribution in [0.15, 0.2) is 36.7 Å². The van der Waals surface area contributed by atoms with E-state index in [-0.39, 0.29) is 0 Å². The van der Waals surface area contributed by atoms with E-state index < -0.39 is 0 Å². The molecule has 5 heterocycles. The maximum atomic E-state index is 5.97. The van der Waals surface area contributed by atoms with Gasteiger partial charge in [0.1, 0.15) is 18.1 Å². The standard InChI is InChI=1S/C20H21N5O/c1-14-4-7-25-12-17(22-19(25)10-14)16-11-15-2-3-18(23-20(15)26-13-16)24-8-5-21-6-9-24/h2-4,7,10-12,21H,5-6,8-9,13H2,1H3. The molecule has 0 saturated carbocycles. The molecule has 0 unspecified atom stereocenters. The Morgan fingerprint density at radius 2 is 2.00 bits per heavy atom. The summed E-state index contributed by atoms with van der Waals surface area (Å²) in [4.78, 5) is 11.8. The van der Waals surface area contributed by atoms with Gasteiger partial charge in [0.2, 0.25) is 5.88 Å². The third-order valence-electron chi connectivity index (χ3n) is 4.95. The van der Waals surface area contributed by atoms with Gasteiger partial charge in [-0.15, -0.1) is 0 Å². The van der Waals surface area contributed by atoms with Gasteiger partial charge in [-0.2, -0.15) is 4.98 Å². The number of aryl methyl sites for hydroxylation is 1. The second-order valence-corrected chi connectivity index (χ2v) is 6.85. The van der Waals surface area contributed by atoms with Crippen LogP contribution in [0.3, 0.4) is 0 Å². The summed E-state index contributed by atoms with van der Waals surface area (Å²) in [6, 6.07) is 8.35. The SMILES string of the molecule is Cc1ccn2cc(C3=Cc4ccc(N5CCNCC5)nc4OC3)nc2c1. The number of pyridine rings is 2. The highest BCUT2D eigenvalue weighted by Crippen LogP contribution is 2.31. The number of imidazole rings is 1. The summed E-state index contributed by atoms with van der Waals surface area (Å²) in [5.74, 6) is 1.70. The van der Waals surface area contributed by atoms with Crippen LogP contribution < -0.4 is 15.0 Å². The summed E-state index contributed by atoms with van der Waals surface area (Å²) in [6.45, 7) is 6.53. The van der Waals surface area contributed by atoms with E-state index in [1.165, 1.54) is 5.56 Å². The summed E-state index contributed by atoms with van der Waals surface area (Å²) in [6.07, 6.45) is 6.24. The molecule has 2 aliphatic heterocycles. The molecule has 26 heavy (non-hydrogen) atoms. The van der Waals surface area contributed by atoms with E-state index in [0.717, 1.165) is 54.5 Å². The zero-order chi connectivity index (χ0) is 17.5. The van der Waals surface area contributed by atoms with Gasteiger partial charge < -0.3 is 19.4 Å². The average Bonchev–Trinajstić information content (AvgIpc) is 3.11. The first kappa shape index (κ1) is 15.4. The number of anilines is 1. The van der Waals surface area contributed by atoms with Crippen LogP contribution in [0.25, 0.3) is 17.3 Å². The molecule has 6 heteroatoms. The summed E-state index contributed by atoms with van der Waals surface area (Å²) in [7, 11) is 0. The minimum atomic E-state index is 0.494. The molecular weight excluding hydrogens is 326 g/mol. The second-order valence-electron chi connectivity index (χ2n) is 6.85.